The summed E-state index contributed by atoms with van der Waals surface area (Å²) in [4.78, 5) is 0. The van der Waals surface area contributed by atoms with E-state index in [0.717, 1.165) is 37.4 Å². The Morgan fingerprint density at radius 3 is 2.85 bits per heavy atom. The molecule has 0 fully saturated rings. The summed E-state index contributed by atoms with van der Waals surface area (Å²) in [6.07, 6.45) is 3.35. The van der Waals surface area contributed by atoms with Crippen molar-refractivity contribution in [3.05, 3.63) is 17.5 Å². The van der Waals surface area contributed by atoms with Crippen LogP contribution in [0.2, 0.25) is 0 Å². The maximum absolute atomic E-state index is 5.62. The number of hydrogen-bond acceptors (Lipinski definition) is 1. The first-order valence-corrected chi connectivity index (χ1v) is 5.40. The average Bonchev–Trinajstić information content (AvgIpc) is 2.47. The molecule has 0 aliphatic heterocycles. The molecule has 0 saturated carbocycles. The van der Waals surface area contributed by atoms with Crippen LogP contribution in [0.1, 0.15) is 31.2 Å². The molecule has 0 unspecified atom stereocenters. The Morgan fingerprint density at radius 1 is 1.46 bits per heavy atom. The molecule has 0 aromatic carbocycles. The van der Waals surface area contributed by atoms with E-state index in [1.54, 1.807) is 0 Å². The molecule has 1 rings (SSSR count). The third kappa shape index (κ3) is 3.03. The van der Waals surface area contributed by atoms with E-state index in [0.29, 0.717) is 0 Å². The second-order valence-corrected chi connectivity index (χ2v) is 3.62. The van der Waals surface area contributed by atoms with Crippen LogP contribution in [0.4, 0.5) is 0 Å². The summed E-state index contributed by atoms with van der Waals surface area (Å²) in [5.74, 6) is 0.763. The third-order valence-electron chi connectivity index (χ3n) is 2.10. The Kier molecular flexibility index (Phi) is 4.29. The Labute approximate surface area is 84.9 Å². The minimum absolute atomic E-state index is 0.763. The number of aromatic nitrogens is 2. The maximum atomic E-state index is 5.62. The van der Waals surface area contributed by atoms with Crippen LogP contribution in [0, 0.1) is 6.92 Å². The summed E-state index contributed by atoms with van der Waals surface area (Å²) >= 11 is 5.62. The fourth-order valence-corrected chi connectivity index (χ4v) is 1.66. The number of hydrogen-bond donors (Lipinski definition) is 0. The van der Waals surface area contributed by atoms with Gasteiger partial charge in [0, 0.05) is 18.1 Å². The average molecular weight is 201 g/mol. The zero-order valence-electron chi connectivity index (χ0n) is 8.39. The van der Waals surface area contributed by atoms with Crippen LogP contribution in [0.15, 0.2) is 6.07 Å². The molecule has 0 aliphatic carbocycles. The van der Waals surface area contributed by atoms with Gasteiger partial charge in [0.2, 0.25) is 0 Å². The molecule has 0 N–H and O–H groups in total. The molecule has 0 atom stereocenters. The Morgan fingerprint density at radius 2 is 2.23 bits per heavy atom. The Bertz CT molecular complexity index is 255. The van der Waals surface area contributed by atoms with Crippen molar-refractivity contribution in [1.82, 2.24) is 9.78 Å². The van der Waals surface area contributed by atoms with Crippen LogP contribution in [0.3, 0.4) is 0 Å². The first-order chi connectivity index (χ1) is 6.27. The minimum Gasteiger partial charge on any atom is -0.270 e. The smallest absolute Gasteiger partial charge is 0.0596 e. The van der Waals surface area contributed by atoms with Gasteiger partial charge in [-0.1, -0.05) is 0 Å². The fraction of sp³-hybridized carbons (Fsp3) is 0.700. The van der Waals surface area contributed by atoms with Crippen molar-refractivity contribution in [3.8, 4) is 0 Å². The monoisotopic (exact) mass is 200 g/mol. The van der Waals surface area contributed by atoms with Gasteiger partial charge in [0.1, 0.15) is 0 Å². The molecule has 0 spiro atoms. The maximum Gasteiger partial charge on any atom is 0.0596 e. The number of unbranched alkanes of at least 4 members (excludes halogenated alkanes) is 1. The van der Waals surface area contributed by atoms with E-state index in [2.05, 4.69) is 22.8 Å². The largest absolute Gasteiger partial charge is 0.270 e. The lowest BCUT2D eigenvalue weighted by molar-refractivity contribution is 0.604. The van der Waals surface area contributed by atoms with Gasteiger partial charge in [-0.05, 0) is 39.2 Å². The van der Waals surface area contributed by atoms with E-state index < -0.39 is 0 Å². The first-order valence-electron chi connectivity index (χ1n) is 4.87. The molecule has 0 bridgehead atoms. The molecule has 0 amide bonds. The number of nitrogens with zero attached hydrogens (tertiary/aromatic N) is 2. The molecule has 13 heavy (non-hydrogen) atoms. The van der Waals surface area contributed by atoms with Gasteiger partial charge in [0.25, 0.3) is 0 Å². The lowest BCUT2D eigenvalue weighted by Crippen LogP contribution is -2.02. The molecular formula is C10H17ClN2. The van der Waals surface area contributed by atoms with Crippen LogP contribution in [0.25, 0.3) is 0 Å². The zero-order chi connectivity index (χ0) is 9.68. The lowest BCUT2D eigenvalue weighted by Gasteiger charge is -2.02. The highest BCUT2D eigenvalue weighted by atomic mass is 35.5. The normalized spacial score (nSPS) is 10.7. The van der Waals surface area contributed by atoms with Gasteiger partial charge in [0.05, 0.1) is 5.69 Å². The predicted molar refractivity (Wildman–Crippen MR) is 56.3 cm³/mol. The van der Waals surface area contributed by atoms with Gasteiger partial charge < -0.3 is 0 Å². The second kappa shape index (κ2) is 5.28. The highest BCUT2D eigenvalue weighted by Gasteiger charge is 2.02. The van der Waals surface area contributed by atoms with Gasteiger partial charge in [-0.2, -0.15) is 5.10 Å². The zero-order valence-corrected chi connectivity index (χ0v) is 9.14. The van der Waals surface area contributed by atoms with E-state index >= 15 is 0 Å². The molecule has 1 heterocycles. The van der Waals surface area contributed by atoms with Crippen LogP contribution < -0.4 is 0 Å². The molecule has 0 aliphatic rings. The molecular weight excluding hydrogens is 184 g/mol. The van der Waals surface area contributed by atoms with Crippen molar-refractivity contribution in [2.24, 2.45) is 0 Å². The summed E-state index contributed by atoms with van der Waals surface area (Å²) in [6, 6.07) is 2.16. The van der Waals surface area contributed by atoms with Gasteiger partial charge >= 0.3 is 0 Å². The molecule has 2 nitrogen and oxygen atoms in total. The molecule has 1 aromatic heterocycles. The quantitative estimate of drug-likeness (QED) is 0.528. The first kappa shape index (κ1) is 10.6. The van der Waals surface area contributed by atoms with E-state index in [1.165, 1.54) is 5.69 Å². The number of halogens is 1. The number of aryl methyl sites for hydroxylation is 3. The van der Waals surface area contributed by atoms with Crippen LogP contribution in [-0.4, -0.2) is 15.7 Å². The van der Waals surface area contributed by atoms with Crippen LogP contribution in [0.5, 0.6) is 0 Å². The molecule has 0 saturated heterocycles. The van der Waals surface area contributed by atoms with E-state index in [1.807, 2.05) is 6.92 Å². The van der Waals surface area contributed by atoms with Crippen LogP contribution in [-0.2, 0) is 13.0 Å². The third-order valence-corrected chi connectivity index (χ3v) is 2.37. The lowest BCUT2D eigenvalue weighted by atomic mass is 10.2. The molecule has 74 valence electrons. The summed E-state index contributed by atoms with van der Waals surface area (Å²) in [6.45, 7) is 5.12. The van der Waals surface area contributed by atoms with Crippen molar-refractivity contribution in [3.63, 3.8) is 0 Å². The number of rotatable bonds is 5. The van der Waals surface area contributed by atoms with Crippen molar-refractivity contribution in [1.29, 1.82) is 0 Å². The minimum atomic E-state index is 0.763. The van der Waals surface area contributed by atoms with Gasteiger partial charge in [-0.3, -0.25) is 4.68 Å². The SMILES string of the molecule is CCn1nc(C)cc1CCCCCl. The highest BCUT2D eigenvalue weighted by Crippen LogP contribution is 2.08. The molecule has 1 aromatic rings. The summed E-state index contributed by atoms with van der Waals surface area (Å²) in [5.41, 5.74) is 2.45. The Hall–Kier alpha value is -0.500. The fourth-order valence-electron chi connectivity index (χ4n) is 1.47. The van der Waals surface area contributed by atoms with Gasteiger partial charge in [-0.25, -0.2) is 0 Å². The standard InChI is InChI=1S/C10H17ClN2/c1-3-13-10(6-4-5-7-11)8-9(2)12-13/h8H,3-7H2,1-2H3. The van der Waals surface area contributed by atoms with E-state index in [9.17, 15) is 0 Å². The van der Waals surface area contributed by atoms with Gasteiger partial charge in [0.15, 0.2) is 0 Å². The van der Waals surface area contributed by atoms with Gasteiger partial charge in [-0.15, -0.1) is 11.6 Å². The molecule has 3 heteroatoms. The number of alkyl halides is 1. The Balaban J connectivity index is 2.53. The van der Waals surface area contributed by atoms with Crippen molar-refractivity contribution >= 4 is 11.6 Å². The summed E-state index contributed by atoms with van der Waals surface area (Å²) in [7, 11) is 0. The van der Waals surface area contributed by atoms with Crippen molar-refractivity contribution < 1.29 is 0 Å². The molecule has 0 radical (unpaired) electrons. The van der Waals surface area contributed by atoms with Crippen LogP contribution >= 0.6 is 11.6 Å². The summed E-state index contributed by atoms with van der Waals surface area (Å²) in [5, 5.41) is 4.39. The highest BCUT2D eigenvalue weighted by molar-refractivity contribution is 6.17. The summed E-state index contributed by atoms with van der Waals surface area (Å²) < 4.78 is 2.07. The second-order valence-electron chi connectivity index (χ2n) is 3.24. The predicted octanol–water partition coefficient (Wildman–Crippen LogP) is 2.77. The van der Waals surface area contributed by atoms with Crippen molar-refractivity contribution in [2.75, 3.05) is 5.88 Å². The van der Waals surface area contributed by atoms with E-state index in [4.69, 9.17) is 11.6 Å². The van der Waals surface area contributed by atoms with E-state index in [-0.39, 0.29) is 0 Å². The van der Waals surface area contributed by atoms with Crippen molar-refractivity contribution in [2.45, 2.75) is 39.7 Å². The topological polar surface area (TPSA) is 17.8 Å².